The van der Waals surface area contributed by atoms with Crippen molar-refractivity contribution in [3.63, 3.8) is 0 Å². The van der Waals surface area contributed by atoms with Crippen LogP contribution in [0.1, 0.15) is 58.1 Å². The monoisotopic (exact) mass is 439 g/mol. The zero-order valence-electron chi connectivity index (χ0n) is 20.3. The van der Waals surface area contributed by atoms with E-state index >= 15 is 0 Å². The Morgan fingerprint density at radius 3 is 2.50 bits per heavy atom. The highest BCUT2D eigenvalue weighted by Crippen LogP contribution is 2.40. The largest absolute Gasteiger partial charge is 0.493 e. The third-order valence-corrected chi connectivity index (χ3v) is 6.72. The van der Waals surface area contributed by atoms with Gasteiger partial charge in [-0.15, -0.1) is 0 Å². The van der Waals surface area contributed by atoms with Crippen LogP contribution in [0.5, 0.6) is 11.5 Å². The molecule has 4 rings (SSSR count). The van der Waals surface area contributed by atoms with Crippen molar-refractivity contribution in [2.45, 2.75) is 58.5 Å². The highest BCUT2D eigenvalue weighted by atomic mass is 16.5. The first-order valence-electron chi connectivity index (χ1n) is 11.6. The van der Waals surface area contributed by atoms with Gasteiger partial charge in [0.1, 0.15) is 0 Å². The lowest BCUT2D eigenvalue weighted by atomic mass is 9.92. The fourth-order valence-corrected chi connectivity index (χ4v) is 5.15. The molecule has 7 heteroatoms. The van der Waals surface area contributed by atoms with Crippen molar-refractivity contribution < 1.29 is 9.47 Å². The standard InChI is InChI=1S/C25H37N5O2/c1-17(18-11-12-21(31-5)22(13-18)32-6)27-24-26-14-20-23(28-24)30(19-9-7-8-10-19)16-25(2,3)15-29(20)4/h11-14,17,19H,7-10,15-16H2,1-6H3,(H,26,27,28). The molecular weight excluding hydrogens is 402 g/mol. The third-order valence-electron chi connectivity index (χ3n) is 6.72. The molecule has 1 aromatic carbocycles. The molecule has 0 bridgehead atoms. The second kappa shape index (κ2) is 9.04. The first-order valence-corrected chi connectivity index (χ1v) is 11.6. The fourth-order valence-electron chi connectivity index (χ4n) is 5.15. The average molecular weight is 440 g/mol. The van der Waals surface area contributed by atoms with Crippen LogP contribution in [0.25, 0.3) is 0 Å². The molecule has 2 heterocycles. The Balaban J connectivity index is 1.63. The Morgan fingerprint density at radius 1 is 1.09 bits per heavy atom. The van der Waals surface area contributed by atoms with Gasteiger partial charge in [-0.3, -0.25) is 0 Å². The first-order chi connectivity index (χ1) is 15.3. The molecule has 0 saturated heterocycles. The molecule has 1 aliphatic heterocycles. The van der Waals surface area contributed by atoms with Gasteiger partial charge in [-0.25, -0.2) is 4.98 Å². The van der Waals surface area contributed by atoms with E-state index < -0.39 is 0 Å². The lowest BCUT2D eigenvalue weighted by Crippen LogP contribution is -2.42. The number of nitrogens with one attached hydrogen (secondary N) is 1. The van der Waals surface area contributed by atoms with Gasteiger partial charge in [-0.2, -0.15) is 4.98 Å². The second-order valence-corrected chi connectivity index (χ2v) is 9.97. The van der Waals surface area contributed by atoms with Crippen molar-refractivity contribution in [1.82, 2.24) is 9.97 Å². The zero-order chi connectivity index (χ0) is 22.9. The van der Waals surface area contributed by atoms with Crippen molar-refractivity contribution >= 4 is 17.5 Å². The van der Waals surface area contributed by atoms with E-state index in [4.69, 9.17) is 14.5 Å². The van der Waals surface area contributed by atoms with E-state index in [-0.39, 0.29) is 11.5 Å². The van der Waals surface area contributed by atoms with Gasteiger partial charge in [-0.05, 0) is 42.9 Å². The lowest BCUT2D eigenvalue weighted by Gasteiger charge is -2.35. The van der Waals surface area contributed by atoms with E-state index in [2.05, 4.69) is 47.9 Å². The molecular formula is C25H37N5O2. The Labute approximate surface area is 192 Å². The number of hydrogen-bond acceptors (Lipinski definition) is 7. The summed E-state index contributed by atoms with van der Waals surface area (Å²) in [5.74, 6) is 3.16. The molecule has 0 spiro atoms. The normalized spacial score (nSPS) is 19.3. The maximum absolute atomic E-state index is 5.47. The number of aromatic nitrogens is 2. The van der Waals surface area contributed by atoms with E-state index in [1.54, 1.807) is 14.2 Å². The number of anilines is 3. The number of rotatable bonds is 6. The summed E-state index contributed by atoms with van der Waals surface area (Å²) < 4.78 is 10.8. The molecule has 1 N–H and O–H groups in total. The minimum absolute atomic E-state index is 0.0211. The molecule has 1 aliphatic carbocycles. The topological polar surface area (TPSA) is 62.8 Å². The molecule has 7 nitrogen and oxygen atoms in total. The molecule has 0 radical (unpaired) electrons. The Bertz CT molecular complexity index is 942. The van der Waals surface area contributed by atoms with E-state index in [0.29, 0.717) is 12.0 Å². The smallest absolute Gasteiger partial charge is 0.225 e. The Kier molecular flexibility index (Phi) is 6.35. The number of methoxy groups -OCH3 is 2. The summed E-state index contributed by atoms with van der Waals surface area (Å²) in [6, 6.07) is 6.56. The fraction of sp³-hybridized carbons (Fsp3) is 0.600. The Morgan fingerprint density at radius 2 is 1.81 bits per heavy atom. The minimum atomic E-state index is 0.0211. The highest BCUT2D eigenvalue weighted by Gasteiger charge is 2.36. The van der Waals surface area contributed by atoms with Gasteiger partial charge in [0.2, 0.25) is 5.95 Å². The molecule has 2 aromatic rings. The van der Waals surface area contributed by atoms with E-state index in [1.165, 1.54) is 25.7 Å². The number of benzene rings is 1. The summed E-state index contributed by atoms with van der Waals surface area (Å²) in [5.41, 5.74) is 2.39. The summed E-state index contributed by atoms with van der Waals surface area (Å²) in [4.78, 5) is 14.6. The SMILES string of the molecule is COc1ccc(C(C)Nc2ncc3c(n2)N(C2CCCC2)CC(C)(C)CN3C)cc1OC. The molecule has 1 saturated carbocycles. The van der Waals surface area contributed by atoms with Crippen LogP contribution < -0.4 is 24.6 Å². The van der Waals surface area contributed by atoms with Gasteiger partial charge in [0.15, 0.2) is 17.3 Å². The van der Waals surface area contributed by atoms with Crippen molar-refractivity contribution in [2.75, 3.05) is 49.5 Å². The Hall–Kier alpha value is -2.70. The van der Waals surface area contributed by atoms with Crippen molar-refractivity contribution in [1.29, 1.82) is 0 Å². The van der Waals surface area contributed by atoms with Gasteiger partial charge < -0.3 is 24.6 Å². The maximum atomic E-state index is 5.47. The molecule has 174 valence electrons. The first kappa shape index (κ1) is 22.5. The average Bonchev–Trinajstić information content (AvgIpc) is 3.28. The van der Waals surface area contributed by atoms with Gasteiger partial charge in [-0.1, -0.05) is 32.8 Å². The molecule has 2 aliphatic rings. The second-order valence-electron chi connectivity index (χ2n) is 9.97. The van der Waals surface area contributed by atoms with Crippen LogP contribution in [0, 0.1) is 5.41 Å². The maximum Gasteiger partial charge on any atom is 0.225 e. The summed E-state index contributed by atoms with van der Waals surface area (Å²) in [7, 11) is 5.46. The summed E-state index contributed by atoms with van der Waals surface area (Å²) in [6.07, 6.45) is 7.08. The van der Waals surface area contributed by atoms with Crippen LogP contribution in [-0.4, -0.2) is 50.4 Å². The molecule has 32 heavy (non-hydrogen) atoms. The van der Waals surface area contributed by atoms with Gasteiger partial charge in [0, 0.05) is 26.2 Å². The molecule has 1 unspecified atom stereocenters. The highest BCUT2D eigenvalue weighted by molar-refractivity contribution is 5.69. The summed E-state index contributed by atoms with van der Waals surface area (Å²) in [6.45, 7) is 8.81. The number of nitrogens with zero attached hydrogens (tertiary/aromatic N) is 4. The van der Waals surface area contributed by atoms with Crippen LogP contribution in [0.2, 0.25) is 0 Å². The van der Waals surface area contributed by atoms with Crippen molar-refractivity contribution in [2.24, 2.45) is 5.41 Å². The minimum Gasteiger partial charge on any atom is -0.493 e. The van der Waals surface area contributed by atoms with Crippen LogP contribution in [0.3, 0.4) is 0 Å². The molecule has 1 fully saturated rings. The van der Waals surface area contributed by atoms with E-state index in [0.717, 1.165) is 41.7 Å². The zero-order valence-corrected chi connectivity index (χ0v) is 20.3. The summed E-state index contributed by atoms with van der Waals surface area (Å²) >= 11 is 0. The van der Waals surface area contributed by atoms with Crippen LogP contribution in [-0.2, 0) is 0 Å². The molecule has 0 amide bonds. The third kappa shape index (κ3) is 4.57. The van der Waals surface area contributed by atoms with Gasteiger partial charge in [0.25, 0.3) is 0 Å². The van der Waals surface area contributed by atoms with Crippen molar-refractivity contribution in [3.8, 4) is 11.5 Å². The van der Waals surface area contributed by atoms with Crippen LogP contribution in [0.15, 0.2) is 24.4 Å². The lowest BCUT2D eigenvalue weighted by molar-refractivity contribution is 0.354. The predicted octanol–water partition coefficient (Wildman–Crippen LogP) is 4.89. The number of hydrogen-bond donors (Lipinski definition) is 1. The quantitative estimate of drug-likeness (QED) is 0.687. The molecule has 1 aromatic heterocycles. The van der Waals surface area contributed by atoms with Gasteiger partial charge in [0.05, 0.1) is 32.1 Å². The van der Waals surface area contributed by atoms with E-state index in [1.807, 2.05) is 24.4 Å². The predicted molar refractivity (Wildman–Crippen MR) is 130 cm³/mol. The molecule has 1 atom stereocenters. The van der Waals surface area contributed by atoms with E-state index in [9.17, 15) is 0 Å². The van der Waals surface area contributed by atoms with Crippen LogP contribution >= 0.6 is 0 Å². The van der Waals surface area contributed by atoms with Crippen LogP contribution in [0.4, 0.5) is 17.5 Å². The number of fused-ring (bicyclic) bond motifs is 1. The summed E-state index contributed by atoms with van der Waals surface area (Å²) in [5, 5.41) is 3.50. The van der Waals surface area contributed by atoms with Crippen molar-refractivity contribution in [3.05, 3.63) is 30.0 Å². The number of ether oxygens (including phenoxy) is 2. The van der Waals surface area contributed by atoms with Gasteiger partial charge >= 0.3 is 0 Å².